The molecule has 0 saturated heterocycles. The fourth-order valence-corrected chi connectivity index (χ4v) is 2.22. The molecule has 0 amide bonds. The number of alkyl halides is 1. The van der Waals surface area contributed by atoms with Crippen LogP contribution in [0.4, 0.5) is 4.39 Å². The van der Waals surface area contributed by atoms with Crippen LogP contribution in [-0.4, -0.2) is 4.93 Å². The molecular weight excluding hydrogens is 242 g/mol. The number of aryl methyl sites for hydroxylation is 1. The van der Waals surface area contributed by atoms with Gasteiger partial charge in [-0.05, 0) is 0 Å². The number of benzene rings is 1. The Kier molecular flexibility index (Phi) is 2.65. The van der Waals surface area contributed by atoms with Gasteiger partial charge in [-0.15, -0.1) is 0 Å². The average Bonchev–Trinajstić information content (AvgIpc) is 1.95. The minimum absolute atomic E-state index is 0.00204. The molecule has 0 nitrogen and oxygen atoms in total. The van der Waals surface area contributed by atoms with Crippen molar-refractivity contribution in [2.24, 2.45) is 0 Å². The van der Waals surface area contributed by atoms with Crippen molar-refractivity contribution in [3.63, 3.8) is 0 Å². The molecule has 1 aromatic carbocycles. The SMILES string of the molecule is C[I-]c1cccc(C)c1F. The second-order valence-electron chi connectivity index (χ2n) is 2.06. The molecule has 0 heterocycles. The molecule has 0 aromatic heterocycles. The zero-order valence-corrected chi connectivity index (χ0v) is 8.15. The second-order valence-corrected chi connectivity index (χ2v) is 4.30. The Labute approximate surface area is 70.7 Å². The molecule has 0 spiro atoms. The van der Waals surface area contributed by atoms with Gasteiger partial charge < -0.3 is 0 Å². The maximum atomic E-state index is 13.0. The number of halogens is 2. The third kappa shape index (κ3) is 1.48. The summed E-state index contributed by atoms with van der Waals surface area (Å²) >= 11 is -0.104. The Morgan fingerprint density at radius 3 is 2.60 bits per heavy atom. The van der Waals surface area contributed by atoms with Gasteiger partial charge in [-0.3, -0.25) is 0 Å². The first-order valence-corrected chi connectivity index (χ1v) is 6.24. The summed E-state index contributed by atoms with van der Waals surface area (Å²) in [7, 11) is 0. The molecule has 0 aliphatic heterocycles. The van der Waals surface area contributed by atoms with E-state index in [0.29, 0.717) is 0 Å². The summed E-state index contributed by atoms with van der Waals surface area (Å²) in [4.78, 5) is 2.07. The third-order valence-electron chi connectivity index (χ3n) is 1.35. The summed E-state index contributed by atoms with van der Waals surface area (Å²) < 4.78 is 13.9. The number of hydrogen-bond acceptors (Lipinski definition) is 0. The van der Waals surface area contributed by atoms with Crippen LogP contribution in [0, 0.1) is 16.3 Å². The van der Waals surface area contributed by atoms with Gasteiger partial charge in [0.15, 0.2) is 0 Å². The monoisotopic (exact) mass is 251 g/mol. The van der Waals surface area contributed by atoms with Crippen LogP contribution < -0.4 is 21.2 Å². The van der Waals surface area contributed by atoms with Gasteiger partial charge >= 0.3 is 70.6 Å². The molecule has 0 atom stereocenters. The Hall–Kier alpha value is -0.120. The van der Waals surface area contributed by atoms with E-state index in [4.69, 9.17) is 0 Å². The summed E-state index contributed by atoms with van der Waals surface area (Å²) in [5.74, 6) is -0.00204. The summed E-state index contributed by atoms with van der Waals surface area (Å²) in [5, 5.41) is 0. The fraction of sp³-hybridized carbons (Fsp3) is 0.250. The molecule has 0 saturated carbocycles. The molecule has 0 fully saturated rings. The van der Waals surface area contributed by atoms with Crippen molar-refractivity contribution in [2.75, 3.05) is 4.93 Å². The molecule has 0 aliphatic carbocycles. The normalized spacial score (nSPS) is 10.3. The molecule has 56 valence electrons. The van der Waals surface area contributed by atoms with E-state index in [9.17, 15) is 4.39 Å². The van der Waals surface area contributed by atoms with E-state index < -0.39 is 0 Å². The Morgan fingerprint density at radius 1 is 1.40 bits per heavy atom. The molecule has 0 aliphatic rings. The van der Waals surface area contributed by atoms with Gasteiger partial charge in [0.1, 0.15) is 0 Å². The molecule has 1 aromatic rings. The summed E-state index contributed by atoms with van der Waals surface area (Å²) in [6, 6.07) is 5.59. The van der Waals surface area contributed by atoms with Crippen molar-refractivity contribution < 1.29 is 25.6 Å². The topological polar surface area (TPSA) is 0 Å². The second kappa shape index (κ2) is 3.32. The van der Waals surface area contributed by atoms with Crippen LogP contribution in [0.5, 0.6) is 0 Å². The predicted octanol–water partition coefficient (Wildman–Crippen LogP) is -0.977. The third-order valence-corrected chi connectivity index (χ3v) is 3.34. The van der Waals surface area contributed by atoms with E-state index in [1.807, 2.05) is 12.1 Å². The van der Waals surface area contributed by atoms with Crippen molar-refractivity contribution in [3.05, 3.63) is 33.1 Å². The zero-order valence-electron chi connectivity index (χ0n) is 5.99. The van der Waals surface area contributed by atoms with E-state index >= 15 is 0 Å². The van der Waals surface area contributed by atoms with E-state index in [0.717, 1.165) is 9.13 Å². The average molecular weight is 251 g/mol. The quantitative estimate of drug-likeness (QED) is 0.444. The minimum atomic E-state index is -0.104. The first kappa shape index (κ1) is 7.98. The van der Waals surface area contributed by atoms with E-state index in [2.05, 4.69) is 4.93 Å². The van der Waals surface area contributed by atoms with Crippen molar-refractivity contribution in [1.29, 1.82) is 0 Å². The van der Waals surface area contributed by atoms with Crippen LogP contribution in [0.1, 0.15) is 5.56 Å². The van der Waals surface area contributed by atoms with Crippen LogP contribution in [0.15, 0.2) is 18.2 Å². The molecule has 2 heteroatoms. The molecular formula is C8H9FI-. The van der Waals surface area contributed by atoms with Gasteiger partial charge in [-0.2, -0.15) is 0 Å². The zero-order chi connectivity index (χ0) is 7.56. The number of rotatable bonds is 1. The van der Waals surface area contributed by atoms with E-state index in [-0.39, 0.29) is 27.0 Å². The Morgan fingerprint density at radius 2 is 2.10 bits per heavy atom. The van der Waals surface area contributed by atoms with Gasteiger partial charge in [0.05, 0.1) is 0 Å². The van der Waals surface area contributed by atoms with Crippen LogP contribution >= 0.6 is 0 Å². The van der Waals surface area contributed by atoms with Crippen LogP contribution in [0.3, 0.4) is 0 Å². The summed E-state index contributed by atoms with van der Waals surface area (Å²) in [5.41, 5.74) is 0.763. The number of hydrogen-bond donors (Lipinski definition) is 0. The van der Waals surface area contributed by atoms with Crippen molar-refractivity contribution in [3.8, 4) is 0 Å². The summed E-state index contributed by atoms with van der Waals surface area (Å²) in [6.45, 7) is 1.80. The predicted molar refractivity (Wildman–Crippen MR) is 35.8 cm³/mol. The molecule has 1 rings (SSSR count). The van der Waals surface area contributed by atoms with Gasteiger partial charge in [-0.25, -0.2) is 0 Å². The van der Waals surface area contributed by atoms with Gasteiger partial charge in [0, 0.05) is 0 Å². The van der Waals surface area contributed by atoms with E-state index in [1.165, 1.54) is 0 Å². The maximum absolute atomic E-state index is 13.0. The standard InChI is InChI=1S/C8H9FI/c1-6-4-3-5-7(10-2)8(6)9/h3-5H,1-2H3/q-1. The van der Waals surface area contributed by atoms with Gasteiger partial charge in [0.2, 0.25) is 0 Å². The van der Waals surface area contributed by atoms with Crippen LogP contribution in [-0.2, 0) is 0 Å². The Bertz CT molecular complexity index is 233. The molecule has 0 unspecified atom stereocenters. The molecule has 0 radical (unpaired) electrons. The van der Waals surface area contributed by atoms with Crippen molar-refractivity contribution in [2.45, 2.75) is 6.92 Å². The fourth-order valence-electron chi connectivity index (χ4n) is 0.758. The molecule has 10 heavy (non-hydrogen) atoms. The Balaban J connectivity index is 3.14. The van der Waals surface area contributed by atoms with Crippen LogP contribution in [0.25, 0.3) is 0 Å². The van der Waals surface area contributed by atoms with Crippen molar-refractivity contribution >= 4 is 0 Å². The van der Waals surface area contributed by atoms with Crippen LogP contribution in [0.2, 0.25) is 0 Å². The van der Waals surface area contributed by atoms with Gasteiger partial charge in [-0.1, -0.05) is 0 Å². The van der Waals surface area contributed by atoms with E-state index in [1.54, 1.807) is 13.0 Å². The van der Waals surface area contributed by atoms with Gasteiger partial charge in [0.25, 0.3) is 0 Å². The summed E-state index contributed by atoms with van der Waals surface area (Å²) in [6.07, 6.45) is 0. The first-order chi connectivity index (χ1) is 4.75. The first-order valence-electron chi connectivity index (χ1n) is 3.00. The molecule has 0 bridgehead atoms. The molecule has 0 N–H and O–H groups in total. The van der Waals surface area contributed by atoms with Crippen molar-refractivity contribution in [1.82, 2.24) is 0 Å².